The van der Waals surface area contributed by atoms with Crippen molar-refractivity contribution < 1.29 is 9.53 Å². The van der Waals surface area contributed by atoms with Crippen molar-refractivity contribution in [2.75, 3.05) is 19.0 Å². The lowest BCUT2D eigenvalue weighted by Crippen LogP contribution is -2.16. The molecule has 0 aliphatic heterocycles. The van der Waals surface area contributed by atoms with Crippen molar-refractivity contribution in [3.63, 3.8) is 0 Å². The maximum atomic E-state index is 11.8. The molecule has 100 valence electrons. The average Bonchev–Trinajstić information content (AvgIpc) is 2.37. The maximum absolute atomic E-state index is 11.8. The van der Waals surface area contributed by atoms with Gasteiger partial charge in [-0.3, -0.25) is 4.79 Å². The quantitative estimate of drug-likeness (QED) is 0.814. The minimum Gasteiger partial charge on any atom is -0.495 e. The molecular weight excluding hydrogens is 228 g/mol. The molecule has 18 heavy (non-hydrogen) atoms. The van der Waals surface area contributed by atoms with Crippen LogP contribution in [-0.2, 0) is 4.79 Å². The van der Waals surface area contributed by atoms with E-state index in [9.17, 15) is 4.79 Å². The van der Waals surface area contributed by atoms with E-state index in [1.54, 1.807) is 7.11 Å². The number of carbonyl (C=O) groups excluding carboxylic acids is 1. The Balaban J connectivity index is 2.59. The van der Waals surface area contributed by atoms with Gasteiger partial charge < -0.3 is 15.8 Å². The molecule has 0 saturated heterocycles. The van der Waals surface area contributed by atoms with E-state index in [4.69, 9.17) is 10.5 Å². The number of nitrogens with two attached hydrogens (primary N) is 1. The Bertz CT molecular complexity index is 405. The largest absolute Gasteiger partial charge is 0.495 e. The van der Waals surface area contributed by atoms with E-state index in [0.717, 1.165) is 12.0 Å². The van der Waals surface area contributed by atoms with Crippen LogP contribution in [0, 0.1) is 12.8 Å². The SMILES string of the molecule is COc1cc(C)ccc1NC(=O)CCC(C)CN. The van der Waals surface area contributed by atoms with Crippen LogP contribution in [-0.4, -0.2) is 19.6 Å². The van der Waals surface area contributed by atoms with Crippen LogP contribution >= 0.6 is 0 Å². The molecule has 0 radical (unpaired) electrons. The first-order valence-corrected chi connectivity index (χ1v) is 6.21. The molecule has 1 rings (SSSR count). The second-order valence-electron chi connectivity index (χ2n) is 4.63. The van der Waals surface area contributed by atoms with Gasteiger partial charge in [-0.25, -0.2) is 0 Å². The minimum absolute atomic E-state index is 0.00236. The summed E-state index contributed by atoms with van der Waals surface area (Å²) in [6, 6.07) is 5.71. The Kier molecular flexibility index (Phi) is 5.65. The number of benzene rings is 1. The average molecular weight is 250 g/mol. The highest BCUT2D eigenvalue weighted by Crippen LogP contribution is 2.25. The molecule has 4 nitrogen and oxygen atoms in total. The van der Waals surface area contributed by atoms with Crippen LogP contribution in [0.15, 0.2) is 18.2 Å². The number of ether oxygens (including phenoxy) is 1. The van der Waals surface area contributed by atoms with Crippen LogP contribution in [0.3, 0.4) is 0 Å². The monoisotopic (exact) mass is 250 g/mol. The van der Waals surface area contributed by atoms with Crippen LogP contribution in [0.4, 0.5) is 5.69 Å². The minimum atomic E-state index is -0.00236. The molecule has 4 heteroatoms. The topological polar surface area (TPSA) is 64.3 Å². The van der Waals surface area contributed by atoms with Crippen LogP contribution in [0.2, 0.25) is 0 Å². The summed E-state index contributed by atoms with van der Waals surface area (Å²) >= 11 is 0. The van der Waals surface area contributed by atoms with Gasteiger partial charge >= 0.3 is 0 Å². The van der Waals surface area contributed by atoms with Gasteiger partial charge in [0.05, 0.1) is 12.8 Å². The fourth-order valence-corrected chi connectivity index (χ4v) is 1.61. The number of hydrogen-bond donors (Lipinski definition) is 2. The summed E-state index contributed by atoms with van der Waals surface area (Å²) in [7, 11) is 1.60. The third-order valence-corrected chi connectivity index (χ3v) is 2.90. The van der Waals surface area contributed by atoms with Gasteiger partial charge in [-0.1, -0.05) is 13.0 Å². The van der Waals surface area contributed by atoms with E-state index in [0.29, 0.717) is 30.3 Å². The number of rotatable bonds is 6. The maximum Gasteiger partial charge on any atom is 0.224 e. The van der Waals surface area contributed by atoms with Crippen molar-refractivity contribution in [1.82, 2.24) is 0 Å². The zero-order chi connectivity index (χ0) is 13.5. The van der Waals surface area contributed by atoms with Crippen molar-refractivity contribution in [2.24, 2.45) is 11.7 Å². The van der Waals surface area contributed by atoms with Gasteiger partial charge in [-0.2, -0.15) is 0 Å². The number of carbonyl (C=O) groups is 1. The van der Waals surface area contributed by atoms with Crippen LogP contribution in [0.1, 0.15) is 25.3 Å². The summed E-state index contributed by atoms with van der Waals surface area (Å²) < 4.78 is 5.24. The first-order chi connectivity index (χ1) is 8.56. The molecule has 1 atom stereocenters. The molecule has 0 aromatic heterocycles. The van der Waals surface area contributed by atoms with Crippen molar-refractivity contribution in [3.8, 4) is 5.75 Å². The highest BCUT2D eigenvalue weighted by atomic mass is 16.5. The Hall–Kier alpha value is -1.55. The smallest absolute Gasteiger partial charge is 0.224 e. The summed E-state index contributed by atoms with van der Waals surface area (Å²) in [5.41, 5.74) is 7.34. The lowest BCUT2D eigenvalue weighted by Gasteiger charge is -2.12. The highest BCUT2D eigenvalue weighted by Gasteiger charge is 2.09. The highest BCUT2D eigenvalue weighted by molar-refractivity contribution is 5.92. The predicted octanol–water partition coefficient (Wildman–Crippen LogP) is 2.32. The third-order valence-electron chi connectivity index (χ3n) is 2.90. The van der Waals surface area contributed by atoms with E-state index >= 15 is 0 Å². The molecule has 0 heterocycles. The van der Waals surface area contributed by atoms with Gasteiger partial charge in [0.2, 0.25) is 5.91 Å². The summed E-state index contributed by atoms with van der Waals surface area (Å²) in [6.07, 6.45) is 1.28. The van der Waals surface area contributed by atoms with E-state index in [-0.39, 0.29) is 5.91 Å². The zero-order valence-corrected chi connectivity index (χ0v) is 11.3. The molecule has 1 amide bonds. The Labute approximate surface area is 109 Å². The Morgan fingerprint density at radius 2 is 2.22 bits per heavy atom. The molecule has 0 bridgehead atoms. The summed E-state index contributed by atoms with van der Waals surface area (Å²) in [5.74, 6) is 1.06. The fraction of sp³-hybridized carbons (Fsp3) is 0.500. The number of nitrogens with one attached hydrogen (secondary N) is 1. The summed E-state index contributed by atoms with van der Waals surface area (Å²) in [4.78, 5) is 11.8. The second-order valence-corrected chi connectivity index (χ2v) is 4.63. The van der Waals surface area contributed by atoms with Gasteiger partial charge in [0.1, 0.15) is 5.75 Å². The van der Waals surface area contributed by atoms with Crippen molar-refractivity contribution >= 4 is 11.6 Å². The molecule has 1 aromatic carbocycles. The summed E-state index contributed by atoms with van der Waals surface area (Å²) in [6.45, 7) is 4.64. The molecule has 1 unspecified atom stereocenters. The van der Waals surface area contributed by atoms with E-state index in [1.807, 2.05) is 32.0 Å². The zero-order valence-electron chi connectivity index (χ0n) is 11.3. The van der Waals surface area contributed by atoms with Gasteiger partial charge in [0.15, 0.2) is 0 Å². The molecular formula is C14H22N2O2. The Morgan fingerprint density at radius 1 is 1.50 bits per heavy atom. The summed E-state index contributed by atoms with van der Waals surface area (Å²) in [5, 5.41) is 2.86. The standard InChI is InChI=1S/C14H22N2O2/c1-10-4-6-12(13(8-10)18-3)16-14(17)7-5-11(2)9-15/h4,6,8,11H,5,7,9,15H2,1-3H3,(H,16,17). The van der Waals surface area contributed by atoms with Crippen molar-refractivity contribution in [2.45, 2.75) is 26.7 Å². The molecule has 3 N–H and O–H groups in total. The first-order valence-electron chi connectivity index (χ1n) is 6.21. The molecule has 1 aromatic rings. The van der Waals surface area contributed by atoms with Gasteiger partial charge in [0, 0.05) is 6.42 Å². The van der Waals surface area contributed by atoms with E-state index in [1.165, 1.54) is 0 Å². The van der Waals surface area contributed by atoms with Crippen LogP contribution in [0.5, 0.6) is 5.75 Å². The lowest BCUT2D eigenvalue weighted by atomic mass is 10.1. The molecule has 0 aliphatic rings. The number of aryl methyl sites for hydroxylation is 1. The van der Waals surface area contributed by atoms with E-state index in [2.05, 4.69) is 5.32 Å². The van der Waals surface area contributed by atoms with Gasteiger partial charge in [-0.15, -0.1) is 0 Å². The number of amides is 1. The van der Waals surface area contributed by atoms with E-state index < -0.39 is 0 Å². The number of hydrogen-bond acceptors (Lipinski definition) is 3. The predicted molar refractivity (Wildman–Crippen MR) is 73.8 cm³/mol. The van der Waals surface area contributed by atoms with Crippen molar-refractivity contribution in [1.29, 1.82) is 0 Å². The molecule has 0 saturated carbocycles. The molecule has 0 fully saturated rings. The normalized spacial score (nSPS) is 12.0. The second kappa shape index (κ2) is 7.01. The number of anilines is 1. The van der Waals surface area contributed by atoms with Crippen LogP contribution in [0.25, 0.3) is 0 Å². The van der Waals surface area contributed by atoms with Gasteiger partial charge in [0.25, 0.3) is 0 Å². The van der Waals surface area contributed by atoms with Crippen LogP contribution < -0.4 is 15.8 Å². The molecule has 0 spiro atoms. The number of methoxy groups -OCH3 is 1. The first kappa shape index (κ1) is 14.5. The lowest BCUT2D eigenvalue weighted by molar-refractivity contribution is -0.116. The molecule has 0 aliphatic carbocycles. The van der Waals surface area contributed by atoms with Crippen molar-refractivity contribution in [3.05, 3.63) is 23.8 Å². The fourth-order valence-electron chi connectivity index (χ4n) is 1.61. The van der Waals surface area contributed by atoms with Gasteiger partial charge in [-0.05, 0) is 43.5 Å². The third kappa shape index (κ3) is 4.37. The Morgan fingerprint density at radius 3 is 2.83 bits per heavy atom.